The van der Waals surface area contributed by atoms with Gasteiger partial charge >= 0.3 is 0 Å². The molecule has 4 rings (SSSR count). The second-order valence-corrected chi connectivity index (χ2v) is 7.08. The minimum atomic E-state index is -0.812. The maximum Gasteiger partial charge on any atom is 0.137 e. The Labute approximate surface area is 165 Å². The number of allylic oxidation sites excluding steroid dienone is 1. The van der Waals surface area contributed by atoms with Crippen molar-refractivity contribution in [2.75, 3.05) is 0 Å². The number of benzene rings is 3. The van der Waals surface area contributed by atoms with Gasteiger partial charge in [0.15, 0.2) is 0 Å². The first kappa shape index (κ1) is 19.4. The van der Waals surface area contributed by atoms with Gasteiger partial charge in [0.05, 0.1) is 5.56 Å². The van der Waals surface area contributed by atoms with E-state index in [9.17, 15) is 17.6 Å². The minimum Gasteiger partial charge on any atom is -0.207 e. The Morgan fingerprint density at radius 2 is 1.38 bits per heavy atom. The minimum absolute atomic E-state index is 0.156. The summed E-state index contributed by atoms with van der Waals surface area (Å²) in [4.78, 5) is 0. The van der Waals surface area contributed by atoms with Crippen LogP contribution >= 0.6 is 0 Å². The van der Waals surface area contributed by atoms with Crippen LogP contribution < -0.4 is 0 Å². The third-order valence-corrected chi connectivity index (χ3v) is 5.29. The van der Waals surface area contributed by atoms with Crippen molar-refractivity contribution in [3.63, 3.8) is 0 Å². The summed E-state index contributed by atoms with van der Waals surface area (Å²) in [7, 11) is 0. The maximum atomic E-state index is 15.1. The molecule has 0 atom stereocenters. The summed E-state index contributed by atoms with van der Waals surface area (Å²) in [6.45, 7) is 1.80. The van der Waals surface area contributed by atoms with Crippen molar-refractivity contribution in [1.29, 1.82) is 0 Å². The highest BCUT2D eigenvalue weighted by Crippen LogP contribution is 2.38. The van der Waals surface area contributed by atoms with Crippen molar-refractivity contribution in [2.24, 2.45) is 0 Å². The molecule has 0 N–H and O–H groups in total. The molecule has 0 aliphatic heterocycles. The van der Waals surface area contributed by atoms with Crippen LogP contribution in [0.5, 0.6) is 0 Å². The molecule has 3 aromatic rings. The van der Waals surface area contributed by atoms with Crippen molar-refractivity contribution in [3.05, 3.63) is 93.8 Å². The summed E-state index contributed by atoms with van der Waals surface area (Å²) >= 11 is 0. The van der Waals surface area contributed by atoms with E-state index in [0.29, 0.717) is 17.6 Å². The average Bonchev–Trinajstić information content (AvgIpc) is 2.68. The quantitative estimate of drug-likeness (QED) is 0.412. The standard InChI is InChI=1S/C24H17F5/c1-2-13-9-19(26)22(20(27)10-13)15-5-8-18-16(11-15)12-21(28)23(24(18)29)14-3-6-17(25)7-4-14/h3-4,6-7,9-12H,2,5,8H2,1H3. The van der Waals surface area contributed by atoms with Crippen LogP contribution in [0.15, 0.2) is 42.5 Å². The van der Waals surface area contributed by atoms with Gasteiger partial charge in [0.1, 0.15) is 29.1 Å². The van der Waals surface area contributed by atoms with Gasteiger partial charge in [0.2, 0.25) is 0 Å². The highest BCUT2D eigenvalue weighted by Gasteiger charge is 2.24. The molecule has 0 bridgehead atoms. The molecule has 0 aromatic heterocycles. The third-order valence-electron chi connectivity index (χ3n) is 5.29. The van der Waals surface area contributed by atoms with Gasteiger partial charge in [-0.1, -0.05) is 25.1 Å². The van der Waals surface area contributed by atoms with Crippen LogP contribution in [0.25, 0.3) is 22.8 Å². The van der Waals surface area contributed by atoms with Crippen LogP contribution in [0.3, 0.4) is 0 Å². The number of aryl methyl sites for hydroxylation is 1. The third kappa shape index (κ3) is 3.46. The first-order chi connectivity index (χ1) is 13.9. The molecule has 0 saturated heterocycles. The van der Waals surface area contributed by atoms with E-state index in [-0.39, 0.29) is 40.7 Å². The molecular formula is C24H17F5. The number of rotatable bonds is 3. The molecule has 0 amide bonds. The smallest absolute Gasteiger partial charge is 0.137 e. The molecule has 5 heteroatoms. The van der Waals surface area contributed by atoms with Crippen LogP contribution in [0.2, 0.25) is 0 Å². The molecule has 0 unspecified atom stereocenters. The molecular weight excluding hydrogens is 383 g/mol. The summed E-state index contributed by atoms with van der Waals surface area (Å²) in [5.41, 5.74) is 1.28. The zero-order chi connectivity index (χ0) is 20.7. The number of fused-ring (bicyclic) bond motifs is 1. The summed E-state index contributed by atoms with van der Waals surface area (Å²) < 4.78 is 71.9. The topological polar surface area (TPSA) is 0 Å². The molecule has 148 valence electrons. The van der Waals surface area contributed by atoms with Crippen LogP contribution in [0.4, 0.5) is 22.0 Å². The first-order valence-electron chi connectivity index (χ1n) is 9.34. The lowest BCUT2D eigenvalue weighted by Gasteiger charge is -2.20. The fraction of sp³-hybridized carbons (Fsp3) is 0.167. The predicted octanol–water partition coefficient (Wildman–Crippen LogP) is 7.10. The van der Waals surface area contributed by atoms with Gasteiger partial charge in [-0.15, -0.1) is 0 Å². The Morgan fingerprint density at radius 1 is 0.759 bits per heavy atom. The fourth-order valence-electron chi connectivity index (χ4n) is 3.80. The second kappa shape index (κ2) is 7.47. The van der Waals surface area contributed by atoms with Gasteiger partial charge in [0.25, 0.3) is 0 Å². The van der Waals surface area contributed by atoms with E-state index in [1.54, 1.807) is 6.92 Å². The van der Waals surface area contributed by atoms with Crippen molar-refractivity contribution >= 4 is 11.6 Å². The molecule has 0 saturated carbocycles. The Hall–Kier alpha value is -2.95. The Bertz CT molecular complexity index is 1100. The molecule has 0 spiro atoms. The van der Waals surface area contributed by atoms with Crippen LogP contribution in [-0.4, -0.2) is 0 Å². The summed E-state index contributed by atoms with van der Waals surface area (Å²) in [5.74, 6) is -3.41. The average molecular weight is 400 g/mol. The number of halogens is 5. The predicted molar refractivity (Wildman–Crippen MR) is 104 cm³/mol. The molecule has 1 aliphatic carbocycles. The second-order valence-electron chi connectivity index (χ2n) is 7.08. The normalized spacial score (nSPS) is 13.2. The highest BCUT2D eigenvalue weighted by atomic mass is 19.1. The lowest BCUT2D eigenvalue weighted by Crippen LogP contribution is -2.08. The molecule has 0 fully saturated rings. The van der Waals surface area contributed by atoms with Crippen LogP contribution in [0, 0.1) is 29.1 Å². The summed E-state index contributed by atoms with van der Waals surface area (Å²) in [6, 6.07) is 8.63. The maximum absolute atomic E-state index is 15.1. The first-order valence-corrected chi connectivity index (χ1v) is 9.34. The van der Waals surface area contributed by atoms with E-state index in [1.165, 1.54) is 30.3 Å². The molecule has 1 aliphatic rings. The van der Waals surface area contributed by atoms with Gasteiger partial charge in [-0.05, 0) is 77.4 Å². The Morgan fingerprint density at radius 3 is 2.00 bits per heavy atom. The van der Waals surface area contributed by atoms with Gasteiger partial charge in [0, 0.05) is 5.56 Å². The van der Waals surface area contributed by atoms with Crippen molar-refractivity contribution < 1.29 is 22.0 Å². The zero-order valence-corrected chi connectivity index (χ0v) is 15.6. The molecule has 0 radical (unpaired) electrons. The highest BCUT2D eigenvalue weighted by molar-refractivity contribution is 5.86. The van der Waals surface area contributed by atoms with Crippen molar-refractivity contribution in [3.8, 4) is 11.1 Å². The van der Waals surface area contributed by atoms with Gasteiger partial charge in [-0.25, -0.2) is 22.0 Å². The largest absolute Gasteiger partial charge is 0.207 e. The molecule has 29 heavy (non-hydrogen) atoms. The van der Waals surface area contributed by atoms with E-state index in [1.807, 2.05) is 0 Å². The Kier molecular flexibility index (Phi) is 4.99. The van der Waals surface area contributed by atoms with Crippen LogP contribution in [0.1, 0.15) is 35.6 Å². The number of hydrogen-bond acceptors (Lipinski definition) is 0. The van der Waals surface area contributed by atoms with E-state index < -0.39 is 29.1 Å². The Balaban J connectivity index is 1.82. The molecule has 0 nitrogen and oxygen atoms in total. The summed E-state index contributed by atoms with van der Waals surface area (Å²) in [5, 5.41) is 0. The van der Waals surface area contributed by atoms with Gasteiger partial charge < -0.3 is 0 Å². The number of hydrogen-bond donors (Lipinski definition) is 0. The fourth-order valence-corrected chi connectivity index (χ4v) is 3.80. The lowest BCUT2D eigenvalue weighted by atomic mass is 9.85. The van der Waals surface area contributed by atoms with E-state index in [4.69, 9.17) is 0 Å². The van der Waals surface area contributed by atoms with E-state index in [0.717, 1.165) is 18.2 Å². The monoisotopic (exact) mass is 400 g/mol. The zero-order valence-electron chi connectivity index (χ0n) is 15.6. The van der Waals surface area contributed by atoms with E-state index in [2.05, 4.69) is 0 Å². The van der Waals surface area contributed by atoms with E-state index >= 15 is 4.39 Å². The van der Waals surface area contributed by atoms with Crippen molar-refractivity contribution in [1.82, 2.24) is 0 Å². The van der Waals surface area contributed by atoms with Crippen molar-refractivity contribution in [2.45, 2.75) is 26.2 Å². The van der Waals surface area contributed by atoms with Crippen LogP contribution in [-0.2, 0) is 12.8 Å². The molecule has 3 aromatic carbocycles. The van der Waals surface area contributed by atoms with Gasteiger partial charge in [-0.3, -0.25) is 0 Å². The summed E-state index contributed by atoms with van der Waals surface area (Å²) in [6.07, 6.45) is 2.33. The lowest BCUT2D eigenvalue weighted by molar-refractivity contribution is 0.569. The SMILES string of the molecule is CCc1cc(F)c(C2=Cc3cc(F)c(-c4ccc(F)cc4)c(F)c3CC2)c(F)c1. The molecule has 0 heterocycles. The van der Waals surface area contributed by atoms with Gasteiger partial charge in [-0.2, -0.15) is 0 Å².